The average molecular weight is 326 g/mol. The van der Waals surface area contributed by atoms with Gasteiger partial charge < -0.3 is 9.64 Å². The number of likely N-dealkylation sites (N-methyl/N-ethyl adjacent to an activating group) is 1. The molecule has 4 heteroatoms. The summed E-state index contributed by atoms with van der Waals surface area (Å²) in [5.74, 6) is 0.792. The number of nitrogens with one attached hydrogen (secondary N) is 1. The number of hydrogen-bond donors (Lipinski definition) is 1. The molecule has 0 heterocycles. The molecule has 1 atom stereocenters. The first-order valence-corrected chi connectivity index (χ1v) is 8.01. The molecule has 0 aromatic heterocycles. The van der Waals surface area contributed by atoms with Gasteiger partial charge in [0.25, 0.3) is 0 Å². The molecule has 0 aliphatic carbocycles. The molecule has 24 heavy (non-hydrogen) atoms. The summed E-state index contributed by atoms with van der Waals surface area (Å²) in [6.45, 7) is 1.54. The molecule has 126 valence electrons. The Morgan fingerprint density at radius 1 is 1.04 bits per heavy atom. The molecule has 2 aromatic rings. The summed E-state index contributed by atoms with van der Waals surface area (Å²) in [7, 11) is 5.53. The van der Waals surface area contributed by atoms with Crippen LogP contribution in [0.2, 0.25) is 0 Å². The van der Waals surface area contributed by atoms with Crippen LogP contribution in [0, 0.1) is 0 Å². The summed E-state index contributed by atoms with van der Waals surface area (Å²) in [6.07, 6.45) is 0.514. The van der Waals surface area contributed by atoms with Gasteiger partial charge in [0.15, 0.2) is 11.8 Å². The van der Waals surface area contributed by atoms with Crippen LogP contribution in [0.3, 0.4) is 0 Å². The van der Waals surface area contributed by atoms with Crippen LogP contribution in [0.5, 0.6) is 5.75 Å². The first-order valence-electron chi connectivity index (χ1n) is 8.01. The monoisotopic (exact) mass is 326 g/mol. The summed E-state index contributed by atoms with van der Waals surface area (Å²) >= 11 is 0. The van der Waals surface area contributed by atoms with Crippen LogP contribution in [0.4, 0.5) is 0 Å². The van der Waals surface area contributed by atoms with Crippen LogP contribution >= 0.6 is 0 Å². The van der Waals surface area contributed by atoms with Crippen molar-refractivity contribution in [2.24, 2.45) is 0 Å². The fourth-order valence-electron chi connectivity index (χ4n) is 2.74. The second-order valence-electron chi connectivity index (χ2n) is 6.15. The van der Waals surface area contributed by atoms with Crippen LogP contribution < -0.4 is 9.64 Å². The number of Topliss-reactive ketones (excluding diaryl/α,β-unsaturated/α-hetero) is 2. The average Bonchev–Trinajstić information content (AvgIpc) is 2.59. The van der Waals surface area contributed by atoms with E-state index in [1.807, 2.05) is 50.5 Å². The molecular weight excluding hydrogens is 302 g/mol. The smallest absolute Gasteiger partial charge is 0.220 e. The third-order valence-electron chi connectivity index (χ3n) is 4.18. The molecule has 0 radical (unpaired) electrons. The van der Waals surface area contributed by atoms with Crippen molar-refractivity contribution in [1.82, 2.24) is 0 Å². The van der Waals surface area contributed by atoms with Gasteiger partial charge in [0.1, 0.15) is 5.75 Å². The van der Waals surface area contributed by atoms with Gasteiger partial charge in [-0.2, -0.15) is 0 Å². The number of rotatable bonds is 7. The highest BCUT2D eigenvalue weighted by atomic mass is 16.5. The van der Waals surface area contributed by atoms with Crippen molar-refractivity contribution >= 4 is 11.6 Å². The predicted molar refractivity (Wildman–Crippen MR) is 94.1 cm³/mol. The minimum absolute atomic E-state index is 0.00189. The van der Waals surface area contributed by atoms with Crippen molar-refractivity contribution in [3.8, 4) is 5.75 Å². The Morgan fingerprint density at radius 3 is 2.25 bits per heavy atom. The van der Waals surface area contributed by atoms with E-state index in [2.05, 4.69) is 0 Å². The topological polar surface area (TPSA) is 47.8 Å². The Balaban J connectivity index is 2.36. The second-order valence-corrected chi connectivity index (χ2v) is 6.15. The minimum Gasteiger partial charge on any atom is -0.496 e. The van der Waals surface area contributed by atoms with E-state index >= 15 is 0 Å². The summed E-state index contributed by atoms with van der Waals surface area (Å²) in [4.78, 5) is 25.6. The first kappa shape index (κ1) is 17.9. The molecule has 0 saturated heterocycles. The molecule has 0 unspecified atom stereocenters. The van der Waals surface area contributed by atoms with Gasteiger partial charge in [-0.25, -0.2) is 0 Å². The summed E-state index contributed by atoms with van der Waals surface area (Å²) in [5.41, 5.74) is 2.21. The molecule has 0 bridgehead atoms. The van der Waals surface area contributed by atoms with Crippen LogP contribution in [0.15, 0.2) is 48.5 Å². The predicted octanol–water partition coefficient (Wildman–Crippen LogP) is 1.84. The van der Waals surface area contributed by atoms with Crippen molar-refractivity contribution in [1.29, 1.82) is 0 Å². The van der Waals surface area contributed by atoms with E-state index < -0.39 is 0 Å². The maximum Gasteiger partial charge on any atom is 0.220 e. The molecule has 0 aliphatic rings. The van der Waals surface area contributed by atoms with E-state index in [1.54, 1.807) is 19.2 Å². The Morgan fingerprint density at radius 2 is 1.71 bits per heavy atom. The maximum absolute atomic E-state index is 12.9. The molecule has 4 nitrogen and oxygen atoms in total. The fraction of sp³-hybridized carbons (Fsp3) is 0.300. The molecular formula is C20H24NO3+. The SMILES string of the molecule is COc1ccc(C(C)=O)cc1C[C@@H](C(=O)c1ccccc1)[NH+](C)C. The highest BCUT2D eigenvalue weighted by Gasteiger charge is 2.27. The largest absolute Gasteiger partial charge is 0.496 e. The lowest BCUT2D eigenvalue weighted by Crippen LogP contribution is -3.11. The third-order valence-corrected chi connectivity index (χ3v) is 4.18. The zero-order valence-corrected chi connectivity index (χ0v) is 14.6. The third kappa shape index (κ3) is 4.09. The van der Waals surface area contributed by atoms with E-state index in [0.29, 0.717) is 23.3 Å². The number of ketones is 2. The van der Waals surface area contributed by atoms with Gasteiger partial charge in [-0.1, -0.05) is 30.3 Å². The van der Waals surface area contributed by atoms with Gasteiger partial charge in [-0.15, -0.1) is 0 Å². The molecule has 0 spiro atoms. The Bertz CT molecular complexity index is 723. The van der Waals surface area contributed by atoms with Crippen molar-refractivity contribution < 1.29 is 19.2 Å². The normalized spacial score (nSPS) is 12.0. The number of carbonyl (C=O) groups is 2. The lowest BCUT2D eigenvalue weighted by molar-refractivity contribution is -0.874. The Kier molecular flexibility index (Phi) is 5.88. The van der Waals surface area contributed by atoms with Crippen molar-refractivity contribution in [3.05, 3.63) is 65.2 Å². The zero-order valence-electron chi connectivity index (χ0n) is 14.6. The summed E-state index contributed by atoms with van der Waals surface area (Å²) in [5, 5.41) is 0. The van der Waals surface area contributed by atoms with Crippen LogP contribution in [0.25, 0.3) is 0 Å². The van der Waals surface area contributed by atoms with Crippen molar-refractivity contribution in [3.63, 3.8) is 0 Å². The number of carbonyl (C=O) groups excluding carboxylic acids is 2. The van der Waals surface area contributed by atoms with Gasteiger partial charge in [0.05, 0.1) is 21.2 Å². The van der Waals surface area contributed by atoms with Crippen molar-refractivity contribution in [2.75, 3.05) is 21.2 Å². The number of quaternary nitrogens is 1. The van der Waals surface area contributed by atoms with Gasteiger partial charge in [-0.3, -0.25) is 9.59 Å². The number of ether oxygens (including phenoxy) is 1. The van der Waals surface area contributed by atoms with E-state index in [1.165, 1.54) is 6.92 Å². The second kappa shape index (κ2) is 7.88. The van der Waals surface area contributed by atoms with Crippen LogP contribution in [-0.4, -0.2) is 38.8 Å². The quantitative estimate of drug-likeness (QED) is 0.790. The molecule has 0 fully saturated rings. The van der Waals surface area contributed by atoms with Gasteiger partial charge in [0, 0.05) is 23.1 Å². The standard InChI is InChI=1S/C20H23NO3/c1-14(22)16-10-11-19(24-4)17(12-16)13-18(21(2)3)20(23)15-8-6-5-7-9-15/h5-12,18H,13H2,1-4H3/p+1/t18-/m0/s1. The van der Waals surface area contributed by atoms with E-state index in [-0.39, 0.29) is 17.6 Å². The zero-order chi connectivity index (χ0) is 17.7. The fourth-order valence-corrected chi connectivity index (χ4v) is 2.74. The van der Waals surface area contributed by atoms with Gasteiger partial charge in [-0.05, 0) is 25.1 Å². The maximum atomic E-state index is 12.9. The van der Waals surface area contributed by atoms with Crippen LogP contribution in [0.1, 0.15) is 33.2 Å². The summed E-state index contributed by atoms with van der Waals surface area (Å²) < 4.78 is 5.41. The van der Waals surface area contributed by atoms with E-state index in [9.17, 15) is 9.59 Å². The Labute approximate surface area is 143 Å². The molecule has 1 N–H and O–H groups in total. The van der Waals surface area contributed by atoms with Gasteiger partial charge in [0.2, 0.25) is 5.78 Å². The number of benzene rings is 2. The molecule has 2 rings (SSSR count). The molecule has 2 aromatic carbocycles. The Hall–Kier alpha value is -2.46. The number of methoxy groups -OCH3 is 1. The first-order chi connectivity index (χ1) is 11.4. The molecule has 0 amide bonds. The van der Waals surface area contributed by atoms with E-state index in [0.717, 1.165) is 10.5 Å². The molecule has 0 saturated carbocycles. The lowest BCUT2D eigenvalue weighted by atomic mass is 9.95. The van der Waals surface area contributed by atoms with Crippen molar-refractivity contribution in [2.45, 2.75) is 19.4 Å². The minimum atomic E-state index is -0.247. The summed E-state index contributed by atoms with van der Waals surface area (Å²) in [6, 6.07) is 14.4. The lowest BCUT2D eigenvalue weighted by Gasteiger charge is -2.21. The number of hydrogen-bond acceptors (Lipinski definition) is 3. The van der Waals surface area contributed by atoms with Crippen LogP contribution in [-0.2, 0) is 6.42 Å². The van der Waals surface area contributed by atoms with E-state index in [4.69, 9.17) is 4.74 Å². The highest BCUT2D eigenvalue weighted by Crippen LogP contribution is 2.22. The van der Waals surface area contributed by atoms with Gasteiger partial charge >= 0.3 is 0 Å². The highest BCUT2D eigenvalue weighted by molar-refractivity contribution is 5.99. The molecule has 0 aliphatic heterocycles.